The molecule has 21 heavy (non-hydrogen) atoms. The summed E-state index contributed by atoms with van der Waals surface area (Å²) in [7, 11) is 0. The van der Waals surface area contributed by atoms with E-state index in [0.717, 1.165) is 5.56 Å². The van der Waals surface area contributed by atoms with Crippen LogP contribution in [0.25, 0.3) is 6.08 Å². The average Bonchev–Trinajstić information content (AvgIpc) is 2.52. The van der Waals surface area contributed by atoms with Crippen LogP contribution in [0.2, 0.25) is 5.02 Å². The van der Waals surface area contributed by atoms with E-state index in [0.29, 0.717) is 10.6 Å². The molecule has 0 saturated heterocycles. The Balaban J connectivity index is 1.85. The van der Waals surface area contributed by atoms with Crippen LogP contribution in [0.4, 0.5) is 0 Å². The van der Waals surface area contributed by atoms with Crippen LogP contribution in [-0.2, 0) is 9.53 Å². The van der Waals surface area contributed by atoms with Gasteiger partial charge in [0.05, 0.1) is 0 Å². The van der Waals surface area contributed by atoms with Crippen LogP contribution in [0.1, 0.15) is 15.9 Å². The summed E-state index contributed by atoms with van der Waals surface area (Å²) in [6, 6.07) is 15.8. The summed E-state index contributed by atoms with van der Waals surface area (Å²) in [5, 5.41) is 0.550. The molecule has 0 saturated carbocycles. The number of rotatable bonds is 5. The molecule has 0 radical (unpaired) electrons. The highest BCUT2D eigenvalue weighted by atomic mass is 35.5. The molecule has 4 heteroatoms. The lowest BCUT2D eigenvalue weighted by molar-refractivity contribution is -0.136. The maximum absolute atomic E-state index is 11.8. The number of benzene rings is 2. The first-order valence-electron chi connectivity index (χ1n) is 6.34. The van der Waals surface area contributed by atoms with Crippen LogP contribution in [0.3, 0.4) is 0 Å². The second-order valence-corrected chi connectivity index (χ2v) is 4.72. The quantitative estimate of drug-likeness (QED) is 0.479. The van der Waals surface area contributed by atoms with E-state index in [1.165, 1.54) is 6.08 Å². The Morgan fingerprint density at radius 2 is 1.67 bits per heavy atom. The zero-order chi connectivity index (χ0) is 15.1. The first-order valence-corrected chi connectivity index (χ1v) is 6.71. The summed E-state index contributed by atoms with van der Waals surface area (Å²) in [6.45, 7) is -0.292. The van der Waals surface area contributed by atoms with E-state index in [-0.39, 0.29) is 12.4 Å². The van der Waals surface area contributed by atoms with Gasteiger partial charge >= 0.3 is 5.97 Å². The molecule has 0 heterocycles. The van der Waals surface area contributed by atoms with E-state index in [4.69, 9.17) is 16.3 Å². The van der Waals surface area contributed by atoms with Crippen molar-refractivity contribution in [1.29, 1.82) is 0 Å². The van der Waals surface area contributed by atoms with Gasteiger partial charge in [0.2, 0.25) is 0 Å². The fourth-order valence-electron chi connectivity index (χ4n) is 1.63. The molecule has 0 spiro atoms. The van der Waals surface area contributed by atoms with Gasteiger partial charge in [-0.2, -0.15) is 0 Å². The Kier molecular flexibility index (Phi) is 5.29. The lowest BCUT2D eigenvalue weighted by atomic mass is 10.1. The molecule has 0 aromatic heterocycles. The van der Waals surface area contributed by atoms with Crippen molar-refractivity contribution in [3.05, 3.63) is 76.8 Å². The highest BCUT2D eigenvalue weighted by Gasteiger charge is 2.08. The minimum Gasteiger partial charge on any atom is -0.454 e. The van der Waals surface area contributed by atoms with E-state index in [2.05, 4.69) is 0 Å². The number of carbonyl (C=O) groups excluding carboxylic acids is 2. The highest BCUT2D eigenvalue weighted by Crippen LogP contribution is 2.10. The number of ether oxygens (including phenoxy) is 1. The third kappa shape index (κ3) is 4.89. The fraction of sp³-hybridized carbons (Fsp3) is 0.0588. The predicted molar refractivity (Wildman–Crippen MR) is 82.2 cm³/mol. The monoisotopic (exact) mass is 300 g/mol. The molecule has 0 bridgehead atoms. The minimum absolute atomic E-state index is 0.270. The lowest BCUT2D eigenvalue weighted by Crippen LogP contribution is -2.12. The zero-order valence-corrected chi connectivity index (χ0v) is 11.9. The van der Waals surface area contributed by atoms with Crippen LogP contribution < -0.4 is 0 Å². The maximum atomic E-state index is 11.8. The molecule has 2 aromatic rings. The normalized spacial score (nSPS) is 10.5. The van der Waals surface area contributed by atoms with Crippen molar-refractivity contribution in [3.63, 3.8) is 0 Å². The van der Waals surface area contributed by atoms with Gasteiger partial charge in [-0.1, -0.05) is 41.9 Å². The highest BCUT2D eigenvalue weighted by molar-refractivity contribution is 6.30. The zero-order valence-electron chi connectivity index (χ0n) is 11.2. The van der Waals surface area contributed by atoms with Gasteiger partial charge in [0.15, 0.2) is 12.4 Å². The van der Waals surface area contributed by atoms with E-state index >= 15 is 0 Å². The average molecular weight is 301 g/mol. The molecule has 0 aliphatic heterocycles. The fourth-order valence-corrected chi connectivity index (χ4v) is 1.76. The lowest BCUT2D eigenvalue weighted by Gasteiger charge is -2.02. The number of hydrogen-bond donors (Lipinski definition) is 0. The molecule has 0 aliphatic rings. The van der Waals surface area contributed by atoms with Gasteiger partial charge in [-0.05, 0) is 35.9 Å². The molecular weight excluding hydrogens is 288 g/mol. The first kappa shape index (κ1) is 15.0. The van der Waals surface area contributed by atoms with Gasteiger partial charge in [0.25, 0.3) is 0 Å². The SMILES string of the molecule is O=C(/C=C/c1ccccc1)OCC(=O)c1ccc(Cl)cc1. The van der Waals surface area contributed by atoms with E-state index in [1.54, 1.807) is 30.3 Å². The Morgan fingerprint density at radius 3 is 2.33 bits per heavy atom. The first-order chi connectivity index (χ1) is 10.1. The molecular formula is C17H13ClO3. The van der Waals surface area contributed by atoms with Crippen LogP contribution >= 0.6 is 11.6 Å². The standard InChI is InChI=1S/C17H13ClO3/c18-15-9-7-14(8-10-15)16(19)12-21-17(20)11-6-13-4-2-1-3-5-13/h1-11H,12H2/b11-6+. The Bertz CT molecular complexity index is 645. The second-order valence-electron chi connectivity index (χ2n) is 4.28. The number of halogens is 1. The molecule has 0 amide bonds. The third-order valence-corrected chi connectivity index (χ3v) is 2.98. The van der Waals surface area contributed by atoms with Crippen molar-refractivity contribution in [1.82, 2.24) is 0 Å². The molecule has 0 aliphatic carbocycles. The third-order valence-electron chi connectivity index (χ3n) is 2.72. The largest absolute Gasteiger partial charge is 0.454 e. The molecule has 0 unspecified atom stereocenters. The summed E-state index contributed by atoms with van der Waals surface area (Å²) < 4.78 is 4.90. The van der Waals surface area contributed by atoms with Gasteiger partial charge in [0.1, 0.15) is 0 Å². The van der Waals surface area contributed by atoms with Crippen LogP contribution in [0.5, 0.6) is 0 Å². The van der Waals surface area contributed by atoms with Crippen molar-refractivity contribution in [2.24, 2.45) is 0 Å². The van der Waals surface area contributed by atoms with Gasteiger partial charge in [-0.3, -0.25) is 4.79 Å². The van der Waals surface area contributed by atoms with Crippen molar-refractivity contribution in [2.75, 3.05) is 6.61 Å². The maximum Gasteiger partial charge on any atom is 0.331 e. The van der Waals surface area contributed by atoms with Gasteiger partial charge in [0, 0.05) is 16.7 Å². The van der Waals surface area contributed by atoms with Crippen molar-refractivity contribution in [3.8, 4) is 0 Å². The Hall–Kier alpha value is -2.39. The minimum atomic E-state index is -0.554. The van der Waals surface area contributed by atoms with Crippen molar-refractivity contribution >= 4 is 29.4 Å². The molecule has 0 N–H and O–H groups in total. The smallest absolute Gasteiger partial charge is 0.331 e. The number of Topliss-reactive ketones (excluding diaryl/α,β-unsaturated/α-hetero) is 1. The van der Waals surface area contributed by atoms with E-state index in [9.17, 15) is 9.59 Å². The molecule has 2 aromatic carbocycles. The summed E-state index contributed by atoms with van der Waals surface area (Å²) >= 11 is 5.74. The van der Waals surface area contributed by atoms with Crippen molar-refractivity contribution < 1.29 is 14.3 Å². The number of carbonyl (C=O) groups is 2. The molecule has 0 atom stereocenters. The number of hydrogen-bond acceptors (Lipinski definition) is 3. The van der Waals surface area contributed by atoms with E-state index < -0.39 is 5.97 Å². The van der Waals surface area contributed by atoms with Crippen LogP contribution in [-0.4, -0.2) is 18.4 Å². The second kappa shape index (κ2) is 7.41. The Morgan fingerprint density at radius 1 is 1.00 bits per heavy atom. The summed E-state index contributed by atoms with van der Waals surface area (Å²) in [6.07, 6.45) is 2.93. The number of ketones is 1. The molecule has 3 nitrogen and oxygen atoms in total. The van der Waals surface area contributed by atoms with Gasteiger partial charge < -0.3 is 4.74 Å². The Labute approximate surface area is 127 Å². The van der Waals surface area contributed by atoms with Crippen LogP contribution in [0, 0.1) is 0 Å². The predicted octanol–water partition coefficient (Wildman–Crippen LogP) is 3.78. The molecule has 2 rings (SSSR count). The van der Waals surface area contributed by atoms with E-state index in [1.807, 2.05) is 30.3 Å². The van der Waals surface area contributed by atoms with Crippen LogP contribution in [0.15, 0.2) is 60.7 Å². The number of esters is 1. The molecule has 0 fully saturated rings. The molecule has 106 valence electrons. The summed E-state index contributed by atoms with van der Waals surface area (Å²) in [5.41, 5.74) is 1.35. The van der Waals surface area contributed by atoms with Gasteiger partial charge in [-0.25, -0.2) is 4.79 Å². The van der Waals surface area contributed by atoms with Gasteiger partial charge in [-0.15, -0.1) is 0 Å². The summed E-state index contributed by atoms with van der Waals surface area (Å²) in [4.78, 5) is 23.3. The van der Waals surface area contributed by atoms with Crippen molar-refractivity contribution in [2.45, 2.75) is 0 Å². The topological polar surface area (TPSA) is 43.4 Å². The summed E-state index contributed by atoms with van der Waals surface area (Å²) in [5.74, 6) is -0.825.